The minimum atomic E-state index is 0.325. The summed E-state index contributed by atoms with van der Waals surface area (Å²) in [6.45, 7) is 4.26. The number of thiocarbonyl (C=S) groups is 1. The number of nitrogens with two attached hydrogens (primary N) is 1. The Labute approximate surface area is 112 Å². The summed E-state index contributed by atoms with van der Waals surface area (Å²) < 4.78 is 1.68. The number of likely N-dealkylation sites (tertiary alicyclic amines) is 1. The van der Waals surface area contributed by atoms with E-state index in [2.05, 4.69) is 15.3 Å². The number of fused-ring (bicyclic) bond motifs is 1. The fourth-order valence-corrected chi connectivity index (χ4v) is 2.99. The molecule has 0 bridgehead atoms. The molecule has 5 nitrogen and oxygen atoms in total. The Kier molecular flexibility index (Phi) is 3.22. The molecule has 0 saturated carbocycles. The Morgan fingerprint density at radius 2 is 2.11 bits per heavy atom. The summed E-state index contributed by atoms with van der Waals surface area (Å²) in [5.41, 5.74) is 8.15. The average Bonchev–Trinajstić information content (AvgIpc) is 2.94. The zero-order chi connectivity index (χ0) is 12.5. The van der Waals surface area contributed by atoms with Crippen LogP contribution in [0.5, 0.6) is 0 Å². The molecule has 1 aromatic heterocycles. The van der Waals surface area contributed by atoms with Gasteiger partial charge in [0.1, 0.15) is 5.82 Å². The van der Waals surface area contributed by atoms with Gasteiger partial charge in [-0.05, 0) is 44.6 Å². The van der Waals surface area contributed by atoms with E-state index in [4.69, 9.17) is 18.0 Å². The number of piperidine rings is 1. The first-order valence-electron chi connectivity index (χ1n) is 6.62. The number of hydrogen-bond acceptors (Lipinski definition) is 4. The van der Waals surface area contributed by atoms with Gasteiger partial charge in [0.2, 0.25) is 0 Å². The van der Waals surface area contributed by atoms with Gasteiger partial charge in [0, 0.05) is 18.7 Å². The highest BCUT2D eigenvalue weighted by molar-refractivity contribution is 7.80. The van der Waals surface area contributed by atoms with E-state index in [0.29, 0.717) is 5.11 Å². The second-order valence-corrected chi connectivity index (χ2v) is 5.46. The van der Waals surface area contributed by atoms with Crippen molar-refractivity contribution < 1.29 is 0 Å². The van der Waals surface area contributed by atoms with Gasteiger partial charge in [-0.25, -0.2) is 0 Å². The molecule has 0 atom stereocenters. The summed E-state index contributed by atoms with van der Waals surface area (Å²) in [5, 5.41) is 8.22. The molecule has 1 aromatic rings. The average molecular weight is 265 g/mol. The summed E-state index contributed by atoms with van der Waals surface area (Å²) >= 11 is 5.05. The first-order chi connectivity index (χ1) is 8.75. The van der Waals surface area contributed by atoms with E-state index in [1.807, 2.05) is 0 Å². The summed E-state index contributed by atoms with van der Waals surface area (Å²) in [7, 11) is 0. The Bertz CT molecular complexity index is 461. The SMILES string of the molecule is NC(=S)n1nc(CN2CCCCC2)c2c1NCC2. The smallest absolute Gasteiger partial charge is 0.193 e. The Morgan fingerprint density at radius 1 is 1.33 bits per heavy atom. The van der Waals surface area contributed by atoms with E-state index in [9.17, 15) is 0 Å². The number of nitrogens with zero attached hydrogens (tertiary/aromatic N) is 3. The van der Waals surface area contributed by atoms with Crippen LogP contribution < -0.4 is 11.1 Å². The molecule has 0 aromatic carbocycles. The molecule has 0 unspecified atom stereocenters. The molecule has 18 heavy (non-hydrogen) atoms. The fraction of sp³-hybridized carbons (Fsp3) is 0.667. The van der Waals surface area contributed by atoms with Gasteiger partial charge in [-0.1, -0.05) is 6.42 Å². The van der Waals surface area contributed by atoms with Gasteiger partial charge in [-0.15, -0.1) is 0 Å². The number of anilines is 1. The molecule has 1 fully saturated rings. The standard InChI is InChI=1S/C12H19N5S/c13-12(18)17-11-9(4-5-14-11)10(15-17)8-16-6-2-1-3-7-16/h14H,1-8H2,(H2,13,18). The molecule has 0 spiro atoms. The van der Waals surface area contributed by atoms with E-state index in [1.54, 1.807) is 4.68 Å². The summed E-state index contributed by atoms with van der Waals surface area (Å²) in [5.74, 6) is 1.01. The highest BCUT2D eigenvalue weighted by Gasteiger charge is 2.24. The van der Waals surface area contributed by atoms with Gasteiger partial charge in [0.15, 0.2) is 5.11 Å². The van der Waals surface area contributed by atoms with Crippen LogP contribution in [0.4, 0.5) is 5.82 Å². The topological polar surface area (TPSA) is 59.1 Å². The second-order valence-electron chi connectivity index (χ2n) is 5.04. The van der Waals surface area contributed by atoms with Crippen LogP contribution >= 0.6 is 12.2 Å². The third kappa shape index (κ3) is 2.10. The van der Waals surface area contributed by atoms with Crippen LogP contribution in [0.2, 0.25) is 0 Å². The monoisotopic (exact) mass is 265 g/mol. The van der Waals surface area contributed by atoms with Gasteiger partial charge in [-0.2, -0.15) is 9.78 Å². The predicted molar refractivity (Wildman–Crippen MR) is 75.7 cm³/mol. The Morgan fingerprint density at radius 3 is 2.83 bits per heavy atom. The lowest BCUT2D eigenvalue weighted by molar-refractivity contribution is 0.218. The van der Waals surface area contributed by atoms with Crippen molar-refractivity contribution in [1.29, 1.82) is 0 Å². The second kappa shape index (κ2) is 4.85. The lowest BCUT2D eigenvalue weighted by Gasteiger charge is -2.25. The lowest BCUT2D eigenvalue weighted by Crippen LogP contribution is -2.30. The fourth-order valence-electron chi connectivity index (χ4n) is 2.86. The number of nitrogens with one attached hydrogen (secondary N) is 1. The van der Waals surface area contributed by atoms with Crippen molar-refractivity contribution in [3.8, 4) is 0 Å². The lowest BCUT2D eigenvalue weighted by atomic mass is 10.1. The molecule has 3 N–H and O–H groups in total. The van der Waals surface area contributed by atoms with Crippen LogP contribution in [0.3, 0.4) is 0 Å². The quantitative estimate of drug-likeness (QED) is 0.779. The summed E-state index contributed by atoms with van der Waals surface area (Å²) in [6, 6.07) is 0. The molecule has 0 amide bonds. The molecule has 3 heterocycles. The van der Waals surface area contributed by atoms with Crippen molar-refractivity contribution in [3.05, 3.63) is 11.3 Å². The maximum atomic E-state index is 5.71. The van der Waals surface area contributed by atoms with Crippen molar-refractivity contribution in [2.24, 2.45) is 5.73 Å². The van der Waals surface area contributed by atoms with Gasteiger partial charge in [-0.3, -0.25) is 4.90 Å². The first-order valence-corrected chi connectivity index (χ1v) is 7.03. The molecule has 0 radical (unpaired) electrons. The molecule has 6 heteroatoms. The molecule has 3 rings (SSSR count). The normalized spacial score (nSPS) is 19.6. The van der Waals surface area contributed by atoms with E-state index in [1.165, 1.54) is 37.9 Å². The maximum absolute atomic E-state index is 5.71. The van der Waals surface area contributed by atoms with Crippen molar-refractivity contribution >= 4 is 23.1 Å². The van der Waals surface area contributed by atoms with Crippen molar-refractivity contribution in [2.45, 2.75) is 32.2 Å². The number of rotatable bonds is 2. The first kappa shape index (κ1) is 11.9. The molecule has 2 aliphatic rings. The minimum Gasteiger partial charge on any atom is -0.374 e. The molecular weight excluding hydrogens is 246 g/mol. The summed E-state index contributed by atoms with van der Waals surface area (Å²) in [6.07, 6.45) is 4.99. The zero-order valence-electron chi connectivity index (χ0n) is 10.5. The van der Waals surface area contributed by atoms with Gasteiger partial charge in [0.05, 0.1) is 5.69 Å². The highest BCUT2D eigenvalue weighted by Crippen LogP contribution is 2.27. The van der Waals surface area contributed by atoms with E-state index in [-0.39, 0.29) is 0 Å². The third-order valence-electron chi connectivity index (χ3n) is 3.76. The summed E-state index contributed by atoms with van der Waals surface area (Å²) in [4.78, 5) is 2.48. The maximum Gasteiger partial charge on any atom is 0.193 e. The van der Waals surface area contributed by atoms with Gasteiger partial charge < -0.3 is 11.1 Å². The van der Waals surface area contributed by atoms with Crippen LogP contribution in [0, 0.1) is 0 Å². The van der Waals surface area contributed by atoms with Crippen molar-refractivity contribution in [1.82, 2.24) is 14.7 Å². The van der Waals surface area contributed by atoms with Crippen molar-refractivity contribution in [3.63, 3.8) is 0 Å². The largest absolute Gasteiger partial charge is 0.374 e. The van der Waals surface area contributed by atoms with Crippen LogP contribution in [-0.4, -0.2) is 39.4 Å². The van der Waals surface area contributed by atoms with Crippen LogP contribution in [0.1, 0.15) is 30.5 Å². The van der Waals surface area contributed by atoms with E-state index in [0.717, 1.165) is 31.0 Å². The van der Waals surface area contributed by atoms with Crippen LogP contribution in [0.25, 0.3) is 0 Å². The number of aromatic nitrogens is 2. The highest BCUT2D eigenvalue weighted by atomic mass is 32.1. The molecule has 2 aliphatic heterocycles. The zero-order valence-corrected chi connectivity index (χ0v) is 11.3. The molecule has 1 saturated heterocycles. The number of hydrogen-bond donors (Lipinski definition) is 2. The molecular formula is C12H19N5S. The van der Waals surface area contributed by atoms with Crippen LogP contribution in [-0.2, 0) is 13.0 Å². The van der Waals surface area contributed by atoms with Crippen molar-refractivity contribution in [2.75, 3.05) is 25.0 Å². The molecule has 0 aliphatic carbocycles. The van der Waals surface area contributed by atoms with E-state index < -0.39 is 0 Å². The molecule has 98 valence electrons. The Hall–Kier alpha value is -1.14. The van der Waals surface area contributed by atoms with Crippen LogP contribution in [0.15, 0.2) is 0 Å². The minimum absolute atomic E-state index is 0.325. The van der Waals surface area contributed by atoms with Gasteiger partial charge in [0.25, 0.3) is 0 Å². The Balaban J connectivity index is 1.83. The van der Waals surface area contributed by atoms with E-state index >= 15 is 0 Å². The predicted octanol–water partition coefficient (Wildman–Crippen LogP) is 0.929. The van der Waals surface area contributed by atoms with Gasteiger partial charge >= 0.3 is 0 Å². The third-order valence-corrected chi connectivity index (χ3v) is 3.94.